The summed E-state index contributed by atoms with van der Waals surface area (Å²) < 4.78 is 25.3. The molecular formula is C25H25BrN2O3S2. The summed E-state index contributed by atoms with van der Waals surface area (Å²) >= 11 is 4.65. The number of aliphatic hydroxyl groups is 1. The Morgan fingerprint density at radius 2 is 1.82 bits per heavy atom. The molecule has 1 aromatic heterocycles. The van der Waals surface area contributed by atoms with E-state index < -0.39 is 15.9 Å². The van der Waals surface area contributed by atoms with Gasteiger partial charge in [0.25, 0.3) is 0 Å². The van der Waals surface area contributed by atoms with Crippen molar-refractivity contribution in [3.05, 3.63) is 70.7 Å². The normalized spacial score (nSPS) is 12.3. The number of thioether (sulfide) groups is 1. The SMILES string of the molecule is CCCCS(=O)(=O)C[C@H](O)CSc1nc(-c2ccc(Br)cc2)cc(-c2ccccc2)c1C#N. The van der Waals surface area contributed by atoms with Gasteiger partial charge in [0.05, 0.1) is 28.9 Å². The smallest absolute Gasteiger partial charge is 0.152 e. The van der Waals surface area contributed by atoms with Gasteiger partial charge in [0.1, 0.15) is 11.1 Å². The molecule has 172 valence electrons. The number of hydrogen-bond donors (Lipinski definition) is 1. The summed E-state index contributed by atoms with van der Waals surface area (Å²) in [5.74, 6) is -0.0883. The molecule has 0 saturated carbocycles. The van der Waals surface area contributed by atoms with Crippen LogP contribution < -0.4 is 0 Å². The van der Waals surface area contributed by atoms with Crippen molar-refractivity contribution >= 4 is 37.5 Å². The highest BCUT2D eigenvalue weighted by atomic mass is 79.9. The van der Waals surface area contributed by atoms with E-state index in [1.165, 1.54) is 11.8 Å². The minimum atomic E-state index is -3.32. The number of nitriles is 1. The van der Waals surface area contributed by atoms with Gasteiger partial charge in [-0.1, -0.05) is 71.7 Å². The second-order valence-electron chi connectivity index (χ2n) is 7.65. The molecule has 2 aromatic carbocycles. The van der Waals surface area contributed by atoms with Gasteiger partial charge in [-0.25, -0.2) is 13.4 Å². The molecule has 0 fully saturated rings. The summed E-state index contributed by atoms with van der Waals surface area (Å²) in [5, 5.41) is 20.8. The van der Waals surface area contributed by atoms with E-state index in [-0.39, 0.29) is 17.3 Å². The molecule has 0 aliphatic rings. The van der Waals surface area contributed by atoms with E-state index in [2.05, 4.69) is 22.0 Å². The zero-order valence-corrected chi connectivity index (χ0v) is 21.5. The van der Waals surface area contributed by atoms with Crippen molar-refractivity contribution in [2.75, 3.05) is 17.3 Å². The summed E-state index contributed by atoms with van der Waals surface area (Å²) in [6.45, 7) is 1.93. The van der Waals surface area contributed by atoms with Gasteiger partial charge in [-0.2, -0.15) is 5.26 Å². The van der Waals surface area contributed by atoms with Crippen molar-refractivity contribution in [2.45, 2.75) is 30.9 Å². The largest absolute Gasteiger partial charge is 0.391 e. The van der Waals surface area contributed by atoms with Crippen LogP contribution in [-0.4, -0.2) is 41.9 Å². The Morgan fingerprint density at radius 3 is 2.45 bits per heavy atom. The van der Waals surface area contributed by atoms with E-state index in [1.54, 1.807) is 0 Å². The lowest BCUT2D eigenvalue weighted by Crippen LogP contribution is -2.25. The Bertz CT molecular complexity index is 1230. The van der Waals surface area contributed by atoms with Gasteiger partial charge in [0.2, 0.25) is 0 Å². The highest BCUT2D eigenvalue weighted by Gasteiger charge is 2.20. The molecule has 1 heterocycles. The van der Waals surface area contributed by atoms with E-state index in [0.717, 1.165) is 27.6 Å². The first-order valence-electron chi connectivity index (χ1n) is 10.6. The van der Waals surface area contributed by atoms with Crippen LogP contribution in [0.15, 0.2) is 70.2 Å². The van der Waals surface area contributed by atoms with Crippen molar-refractivity contribution in [1.29, 1.82) is 5.26 Å². The van der Waals surface area contributed by atoms with Crippen LogP contribution in [-0.2, 0) is 9.84 Å². The number of sulfone groups is 1. The summed E-state index contributed by atoms with van der Waals surface area (Å²) in [5.41, 5.74) is 3.64. The molecule has 8 heteroatoms. The van der Waals surface area contributed by atoms with E-state index in [9.17, 15) is 18.8 Å². The summed E-state index contributed by atoms with van der Waals surface area (Å²) in [4.78, 5) is 4.71. The van der Waals surface area contributed by atoms with Crippen LogP contribution in [0.4, 0.5) is 0 Å². The van der Waals surface area contributed by atoms with Crippen molar-refractivity contribution in [2.24, 2.45) is 0 Å². The third-order valence-electron chi connectivity index (χ3n) is 4.99. The van der Waals surface area contributed by atoms with E-state index in [1.807, 2.05) is 67.6 Å². The fourth-order valence-electron chi connectivity index (χ4n) is 3.31. The fraction of sp³-hybridized carbons (Fsp3) is 0.280. The van der Waals surface area contributed by atoms with Crippen molar-refractivity contribution in [3.8, 4) is 28.5 Å². The van der Waals surface area contributed by atoms with Crippen LogP contribution >= 0.6 is 27.7 Å². The highest BCUT2D eigenvalue weighted by molar-refractivity contribution is 9.10. The summed E-state index contributed by atoms with van der Waals surface area (Å²) in [7, 11) is -3.32. The fourth-order valence-corrected chi connectivity index (χ4v) is 6.26. The highest BCUT2D eigenvalue weighted by Crippen LogP contribution is 2.34. The van der Waals surface area contributed by atoms with Crippen LogP contribution in [0, 0.1) is 11.3 Å². The lowest BCUT2D eigenvalue weighted by molar-refractivity contribution is 0.222. The maximum Gasteiger partial charge on any atom is 0.152 e. The van der Waals surface area contributed by atoms with Gasteiger partial charge in [-0.05, 0) is 30.2 Å². The lowest BCUT2D eigenvalue weighted by atomic mass is 9.99. The van der Waals surface area contributed by atoms with Crippen LogP contribution in [0.1, 0.15) is 25.3 Å². The molecule has 0 unspecified atom stereocenters. The monoisotopic (exact) mass is 544 g/mol. The Hall–Kier alpha value is -2.18. The van der Waals surface area contributed by atoms with Gasteiger partial charge in [0, 0.05) is 21.4 Å². The number of halogens is 1. The Balaban J connectivity index is 1.95. The zero-order chi connectivity index (χ0) is 23.8. The quantitative estimate of drug-likeness (QED) is 0.328. The number of hydrogen-bond acceptors (Lipinski definition) is 6. The Morgan fingerprint density at radius 1 is 1.12 bits per heavy atom. The second kappa shape index (κ2) is 11.8. The predicted octanol–water partition coefficient (Wildman–Crippen LogP) is 5.72. The van der Waals surface area contributed by atoms with Gasteiger partial charge in [-0.3, -0.25) is 0 Å². The Kier molecular flexibility index (Phi) is 9.10. The van der Waals surface area contributed by atoms with E-state index in [4.69, 9.17) is 4.98 Å². The number of benzene rings is 2. The molecule has 0 aliphatic carbocycles. The van der Waals surface area contributed by atoms with Gasteiger partial charge >= 0.3 is 0 Å². The third-order valence-corrected chi connectivity index (χ3v) is 8.44. The molecule has 33 heavy (non-hydrogen) atoms. The summed E-state index contributed by atoms with van der Waals surface area (Å²) in [6, 6.07) is 21.5. The molecule has 0 bridgehead atoms. The minimum absolute atomic E-state index is 0.0735. The van der Waals surface area contributed by atoms with Crippen molar-refractivity contribution < 1.29 is 13.5 Å². The van der Waals surface area contributed by atoms with Crippen molar-refractivity contribution in [1.82, 2.24) is 4.98 Å². The van der Waals surface area contributed by atoms with Gasteiger partial charge < -0.3 is 5.11 Å². The number of nitrogens with zero attached hydrogens (tertiary/aromatic N) is 2. The first-order chi connectivity index (χ1) is 15.8. The molecule has 0 saturated heterocycles. The first kappa shape index (κ1) is 25.4. The second-order valence-corrected chi connectivity index (χ2v) is 11.8. The minimum Gasteiger partial charge on any atom is -0.391 e. The van der Waals surface area contributed by atoms with Crippen LogP contribution in [0.5, 0.6) is 0 Å². The third kappa shape index (κ3) is 7.15. The molecule has 1 N–H and O–H groups in total. The maximum absolute atomic E-state index is 12.2. The number of aromatic nitrogens is 1. The van der Waals surface area contributed by atoms with Crippen LogP contribution in [0.25, 0.3) is 22.4 Å². The zero-order valence-electron chi connectivity index (χ0n) is 18.2. The van der Waals surface area contributed by atoms with Gasteiger partial charge in [0.15, 0.2) is 9.84 Å². The molecule has 1 atom stereocenters. The van der Waals surface area contributed by atoms with Crippen LogP contribution in [0.3, 0.4) is 0 Å². The average molecular weight is 546 g/mol. The number of rotatable bonds is 10. The molecular weight excluding hydrogens is 520 g/mol. The Labute approximate surface area is 207 Å². The first-order valence-corrected chi connectivity index (χ1v) is 14.2. The lowest BCUT2D eigenvalue weighted by Gasteiger charge is -2.14. The number of unbranched alkanes of at least 4 members (excludes halogenated alkanes) is 1. The molecule has 5 nitrogen and oxygen atoms in total. The molecule has 0 amide bonds. The van der Waals surface area contributed by atoms with E-state index in [0.29, 0.717) is 22.7 Å². The summed E-state index contributed by atoms with van der Waals surface area (Å²) in [6.07, 6.45) is 0.324. The topological polar surface area (TPSA) is 91.1 Å². The molecule has 0 aliphatic heterocycles. The maximum atomic E-state index is 12.2. The van der Waals surface area contributed by atoms with Crippen LogP contribution in [0.2, 0.25) is 0 Å². The molecule has 3 aromatic rings. The van der Waals surface area contributed by atoms with Crippen molar-refractivity contribution in [3.63, 3.8) is 0 Å². The molecule has 3 rings (SSSR count). The van der Waals surface area contributed by atoms with E-state index >= 15 is 0 Å². The molecule has 0 radical (unpaired) electrons. The standard InChI is InChI=1S/C25H25BrN2O3S2/c1-2-3-13-33(30,31)17-21(29)16-32-25-23(15-27)22(18-7-5-4-6-8-18)14-24(28-25)19-9-11-20(26)12-10-19/h4-12,14,21,29H,2-3,13,16-17H2,1H3/t21-/m1/s1. The predicted molar refractivity (Wildman–Crippen MR) is 138 cm³/mol. The number of pyridine rings is 1. The average Bonchev–Trinajstić information content (AvgIpc) is 2.81. The van der Waals surface area contributed by atoms with Gasteiger partial charge in [-0.15, -0.1) is 11.8 Å². The number of aliphatic hydroxyl groups excluding tert-OH is 1. The molecule has 0 spiro atoms.